The second kappa shape index (κ2) is 7.81. The summed E-state index contributed by atoms with van der Waals surface area (Å²) in [5.74, 6) is 0. The van der Waals surface area contributed by atoms with E-state index in [1.165, 1.54) is 0 Å². The number of hydrogen-bond acceptors (Lipinski definition) is 4. The van der Waals surface area contributed by atoms with Gasteiger partial charge in [-0.05, 0) is 43.0 Å². The lowest BCUT2D eigenvalue weighted by Gasteiger charge is -2.15. The molecule has 10 heteroatoms. The van der Waals surface area contributed by atoms with Crippen LogP contribution in [0.4, 0.5) is 0 Å². The van der Waals surface area contributed by atoms with E-state index in [0.29, 0.717) is 11.1 Å². The van der Waals surface area contributed by atoms with Crippen molar-refractivity contribution in [1.82, 2.24) is 0 Å². The summed E-state index contributed by atoms with van der Waals surface area (Å²) in [6.07, 6.45) is 0. The van der Waals surface area contributed by atoms with Crippen molar-refractivity contribution < 1.29 is 9.85 Å². The van der Waals surface area contributed by atoms with Crippen LogP contribution in [0.2, 0.25) is 0 Å². The average molecular weight is 540 g/mol. The van der Waals surface area contributed by atoms with Crippen LogP contribution in [-0.4, -0.2) is 19.7 Å². The Morgan fingerprint density at radius 3 is 1.50 bits per heavy atom. The molecule has 110 valence electrons. The van der Waals surface area contributed by atoms with E-state index in [-0.39, 0.29) is 0 Å². The molecule has 4 atom stereocenters. The third-order valence-corrected chi connectivity index (χ3v) is 7.64. The maximum Gasteiger partial charge on any atom is 0.282 e. The highest BCUT2D eigenvalue weighted by Gasteiger charge is 2.30. The van der Waals surface area contributed by atoms with Gasteiger partial charge in [-0.15, -0.1) is 0 Å². The molecule has 0 fully saturated rings. The molecule has 1 aromatic carbocycles. The lowest BCUT2D eigenvalue weighted by Crippen LogP contribution is -2.19. The summed E-state index contributed by atoms with van der Waals surface area (Å²) < 4.78 is 0. The van der Waals surface area contributed by atoms with Crippen molar-refractivity contribution in [3.05, 3.63) is 55.6 Å². The third kappa shape index (κ3) is 4.47. The maximum absolute atomic E-state index is 10.8. The molecule has 0 spiro atoms. The van der Waals surface area contributed by atoms with Gasteiger partial charge in [-0.25, -0.2) is 0 Å². The van der Waals surface area contributed by atoms with Gasteiger partial charge in [0.1, 0.15) is 9.65 Å². The van der Waals surface area contributed by atoms with Gasteiger partial charge in [0.05, 0.1) is 0 Å². The minimum atomic E-state index is -0.984. The fraction of sp³-hybridized carbons (Fsp3) is 0.400. The van der Waals surface area contributed by atoms with Crippen molar-refractivity contribution in [1.29, 1.82) is 0 Å². The SMILES string of the molecule is O=[N+]([O-])C(Br)C(Br)c1cccc(C(Br)C(Br)[N+](=O)[O-])c1. The van der Waals surface area contributed by atoms with Crippen LogP contribution in [-0.2, 0) is 0 Å². The molecule has 0 bridgehead atoms. The van der Waals surface area contributed by atoms with Gasteiger partial charge in [-0.1, -0.05) is 56.1 Å². The van der Waals surface area contributed by atoms with Crippen LogP contribution in [0.1, 0.15) is 20.8 Å². The first kappa shape index (κ1) is 18.0. The molecule has 0 radical (unpaired) electrons. The Morgan fingerprint density at radius 1 is 0.850 bits per heavy atom. The van der Waals surface area contributed by atoms with Gasteiger partial charge >= 0.3 is 0 Å². The van der Waals surface area contributed by atoms with Crippen LogP contribution in [0.15, 0.2) is 24.3 Å². The third-order valence-electron chi connectivity index (χ3n) is 2.43. The first-order chi connectivity index (χ1) is 9.25. The van der Waals surface area contributed by atoms with E-state index < -0.39 is 29.4 Å². The molecule has 0 saturated heterocycles. The Balaban J connectivity index is 3.01. The zero-order valence-corrected chi connectivity index (χ0v) is 16.0. The molecule has 1 rings (SSSR count). The maximum atomic E-state index is 10.8. The van der Waals surface area contributed by atoms with Gasteiger partial charge in [0, 0.05) is 9.85 Å². The average Bonchev–Trinajstić information content (AvgIpc) is 2.43. The Kier molecular flexibility index (Phi) is 7.02. The molecule has 1 aromatic rings. The molecule has 0 aliphatic rings. The van der Waals surface area contributed by atoms with Crippen molar-refractivity contribution in [2.45, 2.75) is 19.6 Å². The summed E-state index contributed by atoms with van der Waals surface area (Å²) in [4.78, 5) is 17.5. The van der Waals surface area contributed by atoms with Crippen molar-refractivity contribution in [2.75, 3.05) is 0 Å². The van der Waals surface area contributed by atoms with Crippen molar-refractivity contribution in [3.8, 4) is 0 Å². The number of nitrogens with zero attached hydrogens (tertiary/aromatic N) is 2. The minimum absolute atomic E-state index is 0.456. The summed E-state index contributed by atoms with van der Waals surface area (Å²) in [7, 11) is 0. The highest BCUT2D eigenvalue weighted by Crippen LogP contribution is 2.36. The van der Waals surface area contributed by atoms with Crippen molar-refractivity contribution in [3.63, 3.8) is 0 Å². The van der Waals surface area contributed by atoms with E-state index in [4.69, 9.17) is 0 Å². The fourth-order valence-electron chi connectivity index (χ4n) is 1.43. The Morgan fingerprint density at radius 2 is 1.20 bits per heavy atom. The molecule has 0 saturated carbocycles. The summed E-state index contributed by atoms with van der Waals surface area (Å²) in [6.45, 7) is 0. The van der Waals surface area contributed by atoms with Crippen LogP contribution in [0.25, 0.3) is 0 Å². The van der Waals surface area contributed by atoms with E-state index >= 15 is 0 Å². The number of alkyl halides is 4. The second-order valence-corrected chi connectivity index (χ2v) is 7.64. The van der Waals surface area contributed by atoms with E-state index in [9.17, 15) is 20.2 Å². The minimum Gasteiger partial charge on any atom is -0.263 e. The second-order valence-electron chi connectivity index (χ2n) is 3.79. The Bertz CT molecular complexity index is 475. The summed E-state index contributed by atoms with van der Waals surface area (Å²) >= 11 is 12.5. The normalized spacial score (nSPS) is 17.0. The van der Waals surface area contributed by atoms with E-state index in [1.54, 1.807) is 24.3 Å². The fourth-order valence-corrected chi connectivity index (χ4v) is 3.00. The number of benzene rings is 1. The summed E-state index contributed by atoms with van der Waals surface area (Å²) in [5.41, 5.74) is 1.32. The Hall–Kier alpha value is -0.0600. The first-order valence-corrected chi connectivity index (χ1v) is 8.85. The van der Waals surface area contributed by atoms with Crippen LogP contribution in [0.5, 0.6) is 0 Å². The molecule has 0 amide bonds. The molecule has 20 heavy (non-hydrogen) atoms. The highest BCUT2D eigenvalue weighted by atomic mass is 79.9. The van der Waals surface area contributed by atoms with Gasteiger partial charge < -0.3 is 0 Å². The predicted octanol–water partition coefficient (Wildman–Crippen LogP) is 4.55. The van der Waals surface area contributed by atoms with E-state index in [2.05, 4.69) is 63.7 Å². The zero-order valence-electron chi connectivity index (χ0n) is 9.66. The van der Waals surface area contributed by atoms with Gasteiger partial charge in [-0.2, -0.15) is 0 Å². The van der Waals surface area contributed by atoms with Crippen molar-refractivity contribution >= 4 is 63.7 Å². The van der Waals surface area contributed by atoms with Crippen molar-refractivity contribution in [2.24, 2.45) is 0 Å². The molecule has 0 aromatic heterocycles. The molecule has 4 unspecified atom stereocenters. The van der Waals surface area contributed by atoms with E-state index in [0.717, 1.165) is 0 Å². The number of halogens is 4. The summed E-state index contributed by atoms with van der Waals surface area (Å²) in [5, 5.41) is 21.5. The highest BCUT2D eigenvalue weighted by molar-refractivity contribution is 9.12. The van der Waals surface area contributed by atoms with Crippen LogP contribution < -0.4 is 0 Å². The molecule has 0 heterocycles. The first-order valence-electron chi connectivity index (χ1n) is 5.18. The van der Waals surface area contributed by atoms with Gasteiger partial charge in [0.15, 0.2) is 0 Å². The quantitative estimate of drug-likeness (QED) is 0.230. The molecule has 0 N–H and O–H groups in total. The lowest BCUT2D eigenvalue weighted by molar-refractivity contribution is -0.492. The number of nitro groups is 2. The number of rotatable bonds is 6. The van der Waals surface area contributed by atoms with Crippen LogP contribution in [0.3, 0.4) is 0 Å². The molecule has 0 aliphatic heterocycles. The monoisotopic (exact) mass is 536 g/mol. The molecule has 6 nitrogen and oxygen atoms in total. The molecular formula is C10H8Br4N2O4. The summed E-state index contributed by atoms with van der Waals surface area (Å²) in [6, 6.07) is 6.83. The number of hydrogen-bond donors (Lipinski definition) is 0. The largest absolute Gasteiger partial charge is 0.282 e. The van der Waals surface area contributed by atoms with Gasteiger partial charge in [0.25, 0.3) is 9.90 Å². The topological polar surface area (TPSA) is 86.3 Å². The predicted molar refractivity (Wildman–Crippen MR) is 89.2 cm³/mol. The molecule has 0 aliphatic carbocycles. The van der Waals surface area contributed by atoms with Crippen LogP contribution >= 0.6 is 63.7 Å². The van der Waals surface area contributed by atoms with E-state index in [1.807, 2.05) is 0 Å². The zero-order chi connectivity index (χ0) is 15.4. The van der Waals surface area contributed by atoms with Gasteiger partial charge in [0.2, 0.25) is 0 Å². The smallest absolute Gasteiger partial charge is 0.263 e. The Labute approximate surface area is 148 Å². The standard InChI is InChI=1S/C10H8Br4N2O4/c11-7(9(13)15(17)18)5-2-1-3-6(4-5)8(12)10(14)16(19)20/h1-4,7-10H. The van der Waals surface area contributed by atoms with Crippen LogP contribution in [0, 0.1) is 20.2 Å². The van der Waals surface area contributed by atoms with Gasteiger partial charge in [-0.3, -0.25) is 20.2 Å². The molecular weight excluding hydrogens is 532 g/mol. The lowest BCUT2D eigenvalue weighted by atomic mass is 10.1.